The van der Waals surface area contributed by atoms with Crippen LogP contribution in [0.3, 0.4) is 0 Å². The van der Waals surface area contributed by atoms with E-state index in [4.69, 9.17) is 4.74 Å². The molecule has 2 aromatic rings. The lowest BCUT2D eigenvalue weighted by Crippen LogP contribution is -2.31. The molecule has 6 nitrogen and oxygen atoms in total. The van der Waals surface area contributed by atoms with E-state index in [-0.39, 0.29) is 29.8 Å². The smallest absolute Gasteiger partial charge is 0.254 e. The summed E-state index contributed by atoms with van der Waals surface area (Å²) in [7, 11) is 1.64. The number of methoxy groups -OCH3 is 1. The molecule has 7 heteroatoms. The fourth-order valence-electron chi connectivity index (χ4n) is 3.15. The Morgan fingerprint density at radius 3 is 2.93 bits per heavy atom. The molecule has 1 aliphatic rings. The maximum Gasteiger partial charge on any atom is 0.254 e. The van der Waals surface area contributed by atoms with Gasteiger partial charge in [0.05, 0.1) is 18.8 Å². The van der Waals surface area contributed by atoms with Gasteiger partial charge in [0.2, 0.25) is 5.91 Å². The maximum atomic E-state index is 12.5. The number of thioether (sulfide) groups is 1. The van der Waals surface area contributed by atoms with Crippen molar-refractivity contribution in [2.45, 2.75) is 43.8 Å². The minimum absolute atomic E-state index is 0.0526. The number of rotatable bonds is 7. The van der Waals surface area contributed by atoms with Crippen LogP contribution < -0.4 is 15.6 Å². The highest BCUT2D eigenvalue weighted by Gasteiger charge is 2.27. The van der Waals surface area contributed by atoms with Gasteiger partial charge in [-0.1, -0.05) is 43.8 Å². The number of amides is 1. The van der Waals surface area contributed by atoms with Crippen LogP contribution in [-0.2, 0) is 11.2 Å². The Labute approximate surface area is 163 Å². The zero-order chi connectivity index (χ0) is 19.4. The molecule has 0 saturated carbocycles. The fraction of sp³-hybridized carbons (Fsp3) is 0.450. The molecule has 3 rings (SSSR count). The number of aromatic nitrogens is 2. The van der Waals surface area contributed by atoms with Crippen molar-refractivity contribution in [1.82, 2.24) is 14.9 Å². The van der Waals surface area contributed by atoms with Gasteiger partial charge in [-0.3, -0.25) is 14.2 Å². The summed E-state index contributed by atoms with van der Waals surface area (Å²) in [6.45, 7) is 4.57. The molecule has 27 heavy (non-hydrogen) atoms. The van der Waals surface area contributed by atoms with E-state index in [0.29, 0.717) is 18.7 Å². The molecule has 1 unspecified atom stereocenters. The minimum Gasteiger partial charge on any atom is -0.496 e. The summed E-state index contributed by atoms with van der Waals surface area (Å²) in [5, 5.41) is 3.67. The first-order valence-electron chi connectivity index (χ1n) is 9.14. The zero-order valence-corrected chi connectivity index (χ0v) is 16.7. The Kier molecular flexibility index (Phi) is 6.21. The van der Waals surface area contributed by atoms with Gasteiger partial charge < -0.3 is 10.1 Å². The first-order chi connectivity index (χ1) is 13.0. The van der Waals surface area contributed by atoms with Crippen LogP contribution in [0.4, 0.5) is 0 Å². The van der Waals surface area contributed by atoms with Gasteiger partial charge in [0, 0.05) is 24.8 Å². The highest BCUT2D eigenvalue weighted by atomic mass is 32.2. The summed E-state index contributed by atoms with van der Waals surface area (Å²) >= 11 is 1.54. The quantitative estimate of drug-likeness (QED) is 0.740. The van der Waals surface area contributed by atoms with Crippen LogP contribution >= 0.6 is 11.8 Å². The van der Waals surface area contributed by atoms with Crippen LogP contribution in [0.1, 0.15) is 43.5 Å². The summed E-state index contributed by atoms with van der Waals surface area (Å²) in [6.07, 6.45) is 0.986. The first kappa shape index (κ1) is 19.5. The summed E-state index contributed by atoms with van der Waals surface area (Å²) < 4.78 is 6.99. The van der Waals surface area contributed by atoms with Crippen LogP contribution in [0.5, 0.6) is 5.75 Å². The second kappa shape index (κ2) is 8.61. The van der Waals surface area contributed by atoms with E-state index in [0.717, 1.165) is 22.2 Å². The Hall–Kier alpha value is -2.28. The number of benzene rings is 1. The van der Waals surface area contributed by atoms with E-state index in [2.05, 4.69) is 10.3 Å². The van der Waals surface area contributed by atoms with E-state index in [9.17, 15) is 9.59 Å². The van der Waals surface area contributed by atoms with Crippen LogP contribution in [-0.4, -0.2) is 34.9 Å². The van der Waals surface area contributed by atoms with E-state index in [1.807, 2.05) is 38.1 Å². The molecule has 0 bridgehead atoms. The number of carbonyl (C=O) groups excluding carboxylic acids is 1. The van der Waals surface area contributed by atoms with Crippen molar-refractivity contribution in [1.29, 1.82) is 0 Å². The number of fused-ring (bicyclic) bond motifs is 1. The summed E-state index contributed by atoms with van der Waals surface area (Å²) in [5.74, 6) is 1.68. The molecule has 0 saturated heterocycles. The third-order valence-corrected chi connectivity index (χ3v) is 5.73. The van der Waals surface area contributed by atoms with Gasteiger partial charge >= 0.3 is 0 Å². The second-order valence-electron chi connectivity index (χ2n) is 6.91. The first-order valence-corrected chi connectivity index (χ1v) is 10.1. The molecule has 1 aromatic carbocycles. The van der Waals surface area contributed by atoms with E-state index in [1.165, 1.54) is 0 Å². The molecule has 144 valence electrons. The van der Waals surface area contributed by atoms with Gasteiger partial charge in [-0.05, 0) is 24.0 Å². The third kappa shape index (κ3) is 4.53. The molecule has 2 heterocycles. The van der Waals surface area contributed by atoms with Crippen molar-refractivity contribution in [3.05, 3.63) is 51.9 Å². The molecule has 1 atom stereocenters. The summed E-state index contributed by atoms with van der Waals surface area (Å²) in [6, 6.07) is 9.23. The predicted molar refractivity (Wildman–Crippen MR) is 107 cm³/mol. The molecular formula is C20H25N3O3S. The number of para-hydroxylation sites is 1. The monoisotopic (exact) mass is 387 g/mol. The van der Waals surface area contributed by atoms with Gasteiger partial charge in [0.1, 0.15) is 5.75 Å². The fourth-order valence-corrected chi connectivity index (χ4v) is 4.30. The molecule has 0 aliphatic carbocycles. The lowest BCUT2D eigenvalue weighted by atomic mass is 10.1. The number of hydrogen-bond acceptors (Lipinski definition) is 5. The number of carbonyl (C=O) groups is 1. The molecular weight excluding hydrogens is 362 g/mol. The Balaban J connectivity index is 1.58. The molecule has 1 amide bonds. The van der Waals surface area contributed by atoms with Gasteiger partial charge in [0.25, 0.3) is 5.56 Å². The van der Waals surface area contributed by atoms with Crippen molar-refractivity contribution < 1.29 is 9.53 Å². The zero-order valence-electron chi connectivity index (χ0n) is 15.9. The molecule has 1 N–H and O–H groups in total. The second-order valence-corrected chi connectivity index (χ2v) is 7.89. The van der Waals surface area contributed by atoms with E-state index < -0.39 is 0 Å². The average Bonchev–Trinajstić information content (AvgIpc) is 3.05. The van der Waals surface area contributed by atoms with E-state index >= 15 is 0 Å². The number of ether oxygens (including phenoxy) is 1. The molecule has 0 spiro atoms. The highest BCUT2D eigenvalue weighted by Crippen LogP contribution is 2.32. The number of nitrogens with one attached hydrogen (secondary N) is 1. The van der Waals surface area contributed by atoms with Crippen molar-refractivity contribution >= 4 is 17.7 Å². The van der Waals surface area contributed by atoms with Crippen LogP contribution in [0.2, 0.25) is 0 Å². The maximum absolute atomic E-state index is 12.5. The van der Waals surface area contributed by atoms with Crippen LogP contribution in [0.25, 0.3) is 0 Å². The highest BCUT2D eigenvalue weighted by molar-refractivity contribution is 7.99. The van der Waals surface area contributed by atoms with Crippen molar-refractivity contribution in [2.24, 2.45) is 0 Å². The molecule has 1 aliphatic heterocycles. The largest absolute Gasteiger partial charge is 0.496 e. The van der Waals surface area contributed by atoms with Crippen LogP contribution in [0, 0.1) is 0 Å². The molecule has 0 fully saturated rings. The summed E-state index contributed by atoms with van der Waals surface area (Å²) in [4.78, 5) is 29.4. The normalized spacial score (nSPS) is 15.6. The van der Waals surface area contributed by atoms with Crippen molar-refractivity contribution in [2.75, 3.05) is 19.4 Å². The standard InChI is InChI=1S/C20H25N3O3S/c1-13(2)16-11-19(25)23-15(12-27-20(23)22-16)10-18(24)21-9-8-14-6-4-5-7-17(14)26-3/h4-7,11,13,15H,8-10,12H2,1-3H3,(H,21,24). The lowest BCUT2D eigenvalue weighted by Gasteiger charge is -2.14. The van der Waals surface area contributed by atoms with Gasteiger partial charge in [-0.15, -0.1) is 0 Å². The van der Waals surface area contributed by atoms with E-state index in [1.54, 1.807) is 29.5 Å². The predicted octanol–water partition coefficient (Wildman–Crippen LogP) is 2.77. The molecule has 0 radical (unpaired) electrons. The topological polar surface area (TPSA) is 73.2 Å². The van der Waals surface area contributed by atoms with Gasteiger partial charge in [0.15, 0.2) is 5.16 Å². The van der Waals surface area contributed by atoms with Crippen LogP contribution in [0.15, 0.2) is 40.3 Å². The van der Waals surface area contributed by atoms with Crippen molar-refractivity contribution in [3.63, 3.8) is 0 Å². The number of hydrogen-bond donors (Lipinski definition) is 1. The lowest BCUT2D eigenvalue weighted by molar-refractivity contribution is -0.121. The Bertz CT molecular complexity index is 879. The van der Waals surface area contributed by atoms with Gasteiger partial charge in [-0.2, -0.15) is 0 Å². The Morgan fingerprint density at radius 1 is 1.41 bits per heavy atom. The number of nitrogens with zero attached hydrogens (tertiary/aromatic N) is 2. The minimum atomic E-state index is -0.141. The Morgan fingerprint density at radius 2 is 2.19 bits per heavy atom. The van der Waals surface area contributed by atoms with Crippen molar-refractivity contribution in [3.8, 4) is 5.75 Å². The van der Waals surface area contributed by atoms with Gasteiger partial charge in [-0.25, -0.2) is 4.98 Å². The third-order valence-electron chi connectivity index (χ3n) is 4.63. The summed E-state index contributed by atoms with van der Waals surface area (Å²) in [5.41, 5.74) is 1.80. The SMILES string of the molecule is COc1ccccc1CCNC(=O)CC1CSc2nc(C(C)C)cc(=O)n21. The average molecular weight is 388 g/mol. The molecule has 1 aromatic heterocycles.